The Morgan fingerprint density at radius 1 is 1.10 bits per heavy atom. The number of hydrogen-bond acceptors (Lipinski definition) is 8. The predicted molar refractivity (Wildman–Crippen MR) is 155 cm³/mol. The van der Waals surface area contributed by atoms with Gasteiger partial charge in [0.15, 0.2) is 16.7 Å². The second-order valence-corrected chi connectivity index (χ2v) is 11.6. The molecule has 2 N–H and O–H groups in total. The average Bonchev–Trinajstić information content (AvgIpc) is 3.78. The van der Waals surface area contributed by atoms with Crippen molar-refractivity contribution in [1.82, 2.24) is 9.97 Å². The summed E-state index contributed by atoms with van der Waals surface area (Å²) >= 11 is 2.92. The highest BCUT2D eigenvalue weighted by molar-refractivity contribution is 7.99. The molecule has 40 heavy (non-hydrogen) atoms. The third-order valence-electron chi connectivity index (χ3n) is 6.95. The number of nitrogens with zero attached hydrogens (tertiary/aromatic N) is 1. The number of aromatic amines is 1. The lowest BCUT2D eigenvalue weighted by molar-refractivity contribution is -0.115. The Hall–Kier alpha value is -4.02. The van der Waals surface area contributed by atoms with Crippen molar-refractivity contribution in [3.63, 3.8) is 0 Å². The van der Waals surface area contributed by atoms with Gasteiger partial charge in [-0.05, 0) is 60.6 Å². The van der Waals surface area contributed by atoms with Crippen LogP contribution in [0, 0.1) is 0 Å². The first kappa shape index (κ1) is 26.2. The van der Waals surface area contributed by atoms with Crippen molar-refractivity contribution in [2.24, 2.45) is 0 Å². The number of nitrogens with one attached hydrogen (secondary N) is 2. The molecular formula is C30H27N3O5S2. The number of fused-ring (bicyclic) bond motifs is 1. The minimum atomic E-state index is -0.410. The van der Waals surface area contributed by atoms with E-state index in [1.807, 2.05) is 24.3 Å². The first-order chi connectivity index (χ1) is 19.6. The Morgan fingerprint density at radius 3 is 2.60 bits per heavy atom. The molecule has 1 unspecified atom stereocenters. The fourth-order valence-electron chi connectivity index (χ4n) is 5.04. The van der Waals surface area contributed by atoms with E-state index in [0.29, 0.717) is 50.3 Å². The molecule has 1 aliphatic rings. The molecule has 4 aromatic heterocycles. The van der Waals surface area contributed by atoms with E-state index in [1.54, 1.807) is 18.6 Å². The summed E-state index contributed by atoms with van der Waals surface area (Å²) in [5, 5.41) is 4.21. The number of anilines is 1. The van der Waals surface area contributed by atoms with E-state index in [4.69, 9.17) is 13.6 Å². The minimum absolute atomic E-state index is 0.167. The van der Waals surface area contributed by atoms with Crippen LogP contribution < -0.4 is 5.32 Å². The molecule has 4 heterocycles. The number of methoxy groups -OCH3 is 1. The maximum atomic E-state index is 13.0. The average molecular weight is 574 g/mol. The molecule has 0 spiro atoms. The van der Waals surface area contributed by atoms with Crippen LogP contribution in [0.3, 0.4) is 0 Å². The fourth-order valence-corrected chi connectivity index (χ4v) is 7.18. The number of amides is 1. The lowest BCUT2D eigenvalue weighted by Crippen LogP contribution is -2.16. The van der Waals surface area contributed by atoms with Crippen LogP contribution in [0.2, 0.25) is 0 Å². The number of furan rings is 2. The van der Waals surface area contributed by atoms with Gasteiger partial charge >= 0.3 is 5.97 Å². The zero-order chi connectivity index (χ0) is 27.5. The maximum Gasteiger partial charge on any atom is 0.341 e. The molecule has 0 saturated carbocycles. The molecule has 6 rings (SSSR count). The Kier molecular flexibility index (Phi) is 7.61. The van der Waals surface area contributed by atoms with Gasteiger partial charge in [-0.2, -0.15) is 0 Å². The van der Waals surface area contributed by atoms with Gasteiger partial charge in [0.25, 0.3) is 0 Å². The number of thiophene rings is 1. The number of rotatable bonds is 9. The molecule has 0 radical (unpaired) electrons. The third kappa shape index (κ3) is 5.37. The van der Waals surface area contributed by atoms with E-state index >= 15 is 0 Å². The number of carbonyl (C=O) groups excluding carboxylic acids is 2. The second-order valence-electron chi connectivity index (χ2n) is 9.42. The molecule has 0 saturated heterocycles. The van der Waals surface area contributed by atoms with Gasteiger partial charge in [0, 0.05) is 17.1 Å². The Bertz CT molecular complexity index is 1550. The van der Waals surface area contributed by atoms with E-state index < -0.39 is 5.97 Å². The van der Waals surface area contributed by atoms with Crippen molar-refractivity contribution in [2.45, 2.75) is 36.8 Å². The van der Waals surface area contributed by atoms with Gasteiger partial charge in [0.05, 0.1) is 25.2 Å². The van der Waals surface area contributed by atoms with Gasteiger partial charge in [0.1, 0.15) is 16.4 Å². The number of hydrogen-bond donors (Lipinski definition) is 2. The summed E-state index contributed by atoms with van der Waals surface area (Å²) in [5.41, 5.74) is 4.15. The van der Waals surface area contributed by atoms with Gasteiger partial charge in [-0.25, -0.2) is 9.78 Å². The van der Waals surface area contributed by atoms with Gasteiger partial charge in [-0.1, -0.05) is 42.1 Å². The van der Waals surface area contributed by atoms with E-state index in [2.05, 4.69) is 39.6 Å². The molecule has 1 aromatic carbocycles. The number of aromatic nitrogens is 2. The van der Waals surface area contributed by atoms with Crippen molar-refractivity contribution in [3.8, 4) is 22.9 Å². The quantitative estimate of drug-likeness (QED) is 0.142. The Labute approximate surface area is 239 Å². The molecule has 10 heteroatoms. The van der Waals surface area contributed by atoms with Gasteiger partial charge in [-0.3, -0.25) is 4.79 Å². The highest BCUT2D eigenvalue weighted by Crippen LogP contribution is 2.43. The lowest BCUT2D eigenvalue weighted by Gasteiger charge is -2.22. The summed E-state index contributed by atoms with van der Waals surface area (Å²) in [6.07, 6.45) is 6.01. The molecule has 5 aromatic rings. The van der Waals surface area contributed by atoms with Crippen LogP contribution in [0.1, 0.15) is 45.1 Å². The number of H-pyrrole nitrogens is 1. The fraction of sp³-hybridized carbons (Fsp3) is 0.233. The van der Waals surface area contributed by atoms with Crippen molar-refractivity contribution >= 4 is 40.0 Å². The van der Waals surface area contributed by atoms with Crippen molar-refractivity contribution in [3.05, 3.63) is 88.7 Å². The van der Waals surface area contributed by atoms with Crippen LogP contribution in [-0.4, -0.2) is 34.7 Å². The first-order valence-corrected chi connectivity index (χ1v) is 14.8. The van der Waals surface area contributed by atoms with Crippen LogP contribution in [0.25, 0.3) is 22.9 Å². The number of thioether (sulfide) groups is 1. The minimum Gasteiger partial charge on any atom is -0.465 e. The van der Waals surface area contributed by atoms with Gasteiger partial charge in [0.2, 0.25) is 5.91 Å². The summed E-state index contributed by atoms with van der Waals surface area (Å²) in [6.45, 7) is 0. The normalized spacial score (nSPS) is 14.6. The summed E-state index contributed by atoms with van der Waals surface area (Å²) in [6, 6.07) is 17.7. The summed E-state index contributed by atoms with van der Waals surface area (Å²) in [5.74, 6) is 1.58. The number of imidazole rings is 1. The highest BCUT2D eigenvalue weighted by Gasteiger charge is 2.30. The second kappa shape index (κ2) is 11.6. The Morgan fingerprint density at radius 2 is 1.88 bits per heavy atom. The first-order valence-electron chi connectivity index (χ1n) is 13.0. The zero-order valence-corrected chi connectivity index (χ0v) is 23.4. The topological polar surface area (TPSA) is 110 Å². The van der Waals surface area contributed by atoms with Crippen LogP contribution in [0.4, 0.5) is 5.00 Å². The Balaban J connectivity index is 1.13. The van der Waals surface area contributed by atoms with E-state index in [0.717, 1.165) is 29.7 Å². The van der Waals surface area contributed by atoms with Crippen LogP contribution in [0.5, 0.6) is 0 Å². The van der Waals surface area contributed by atoms with Crippen molar-refractivity contribution < 1.29 is 23.2 Å². The van der Waals surface area contributed by atoms with Gasteiger partial charge < -0.3 is 23.9 Å². The highest BCUT2D eigenvalue weighted by atomic mass is 32.2. The summed E-state index contributed by atoms with van der Waals surface area (Å²) < 4.78 is 16.2. The van der Waals surface area contributed by atoms with E-state index in [-0.39, 0.29) is 12.3 Å². The number of carbonyl (C=O) groups is 2. The SMILES string of the molecule is COC(=O)c1c(NC(=O)CCSc2nc(-c3ccco3)c(-c3ccco3)[nH]2)sc2c1CCC(c1ccccc1)C2. The molecule has 1 atom stereocenters. The number of esters is 1. The van der Waals surface area contributed by atoms with Gasteiger partial charge in [-0.15, -0.1) is 11.3 Å². The lowest BCUT2D eigenvalue weighted by atomic mass is 9.83. The van der Waals surface area contributed by atoms with Crippen molar-refractivity contribution in [1.29, 1.82) is 0 Å². The zero-order valence-electron chi connectivity index (χ0n) is 21.8. The molecule has 1 amide bonds. The molecular weight excluding hydrogens is 546 g/mol. The maximum absolute atomic E-state index is 13.0. The molecule has 0 fully saturated rings. The van der Waals surface area contributed by atoms with Crippen LogP contribution in [0.15, 0.2) is 81.1 Å². The van der Waals surface area contributed by atoms with Crippen LogP contribution >= 0.6 is 23.1 Å². The van der Waals surface area contributed by atoms with Crippen molar-refractivity contribution in [2.75, 3.05) is 18.2 Å². The van der Waals surface area contributed by atoms with Crippen LogP contribution in [-0.2, 0) is 22.4 Å². The molecule has 0 bridgehead atoms. The standard InChI is InChI=1S/C30H27N3O5S2/c1-36-29(35)25-20-12-11-19(18-7-3-2-4-8-18)17-23(20)40-28(25)31-24(34)13-16-39-30-32-26(21-9-5-14-37-21)27(33-30)22-10-6-15-38-22/h2-10,14-15,19H,11-13,16-17H2,1H3,(H,31,34)(H,32,33). The smallest absolute Gasteiger partial charge is 0.341 e. The van der Waals surface area contributed by atoms with E-state index in [1.165, 1.54) is 35.8 Å². The summed E-state index contributed by atoms with van der Waals surface area (Å²) in [7, 11) is 1.38. The van der Waals surface area contributed by atoms with E-state index in [9.17, 15) is 9.59 Å². The number of benzene rings is 1. The molecule has 1 aliphatic carbocycles. The molecule has 8 nitrogen and oxygen atoms in total. The summed E-state index contributed by atoms with van der Waals surface area (Å²) in [4.78, 5) is 34.8. The molecule has 0 aliphatic heterocycles. The predicted octanol–water partition coefficient (Wildman–Crippen LogP) is 7.17. The largest absolute Gasteiger partial charge is 0.465 e. The molecule has 204 valence electrons. The third-order valence-corrected chi connectivity index (χ3v) is 9.00. The monoisotopic (exact) mass is 573 g/mol. The number of ether oxygens (including phenoxy) is 1.